The van der Waals surface area contributed by atoms with Gasteiger partial charge in [0, 0.05) is 24.5 Å². The van der Waals surface area contributed by atoms with Gasteiger partial charge in [0.05, 0.1) is 6.20 Å². The van der Waals surface area contributed by atoms with Crippen molar-refractivity contribution in [3.8, 4) is 11.3 Å². The van der Waals surface area contributed by atoms with E-state index in [1.807, 2.05) is 0 Å². The van der Waals surface area contributed by atoms with Crippen molar-refractivity contribution in [2.75, 3.05) is 5.32 Å². The zero-order valence-electron chi connectivity index (χ0n) is 11.9. The van der Waals surface area contributed by atoms with Crippen molar-refractivity contribution in [2.45, 2.75) is 6.18 Å². The number of nitrogens with zero attached hydrogens (tertiary/aromatic N) is 3. The summed E-state index contributed by atoms with van der Waals surface area (Å²) in [6, 6.07) is 6.35. The van der Waals surface area contributed by atoms with Crippen LogP contribution in [0.5, 0.6) is 0 Å². The summed E-state index contributed by atoms with van der Waals surface area (Å²) in [6.07, 6.45) is -2.17. The van der Waals surface area contributed by atoms with Crippen LogP contribution in [-0.2, 0) is 7.05 Å². The van der Waals surface area contributed by atoms with E-state index in [0.717, 1.165) is 5.56 Å². The van der Waals surface area contributed by atoms with Crippen LogP contribution in [0.25, 0.3) is 11.3 Å². The molecule has 0 atom stereocenters. The molecular formula is C13H13BF3N5. The van der Waals surface area contributed by atoms with E-state index in [2.05, 4.69) is 15.6 Å². The van der Waals surface area contributed by atoms with E-state index in [4.69, 9.17) is 5.41 Å². The van der Waals surface area contributed by atoms with Gasteiger partial charge in [0.2, 0.25) is 0 Å². The fourth-order valence-corrected chi connectivity index (χ4v) is 1.81. The lowest BCUT2D eigenvalue weighted by Crippen LogP contribution is -2.22. The highest BCUT2D eigenvalue weighted by Crippen LogP contribution is 2.29. The minimum atomic E-state index is -4.55. The minimum absolute atomic E-state index is 0.189. The number of benzene rings is 1. The van der Waals surface area contributed by atoms with E-state index in [0.29, 0.717) is 11.9 Å². The van der Waals surface area contributed by atoms with Crippen LogP contribution >= 0.6 is 0 Å². The molecule has 5 nitrogen and oxygen atoms in total. The van der Waals surface area contributed by atoms with Crippen LogP contribution in [0.2, 0.25) is 0 Å². The van der Waals surface area contributed by atoms with Crippen molar-refractivity contribution < 1.29 is 13.2 Å². The molecule has 1 aromatic carbocycles. The molecule has 114 valence electrons. The van der Waals surface area contributed by atoms with Crippen molar-refractivity contribution in [2.24, 2.45) is 7.05 Å². The number of hydrogen-bond donors (Lipinski definition) is 2. The molecular weight excluding hydrogens is 294 g/mol. The number of halogens is 3. The summed E-state index contributed by atoms with van der Waals surface area (Å²) in [5, 5.41) is 17.0. The number of nitrogens with one attached hydrogen (secondary N) is 2. The van der Waals surface area contributed by atoms with Gasteiger partial charge >= 0.3 is 6.18 Å². The molecule has 0 spiro atoms. The summed E-state index contributed by atoms with van der Waals surface area (Å²) in [6.45, 7) is 0. The molecule has 0 aliphatic heterocycles. The second-order valence-corrected chi connectivity index (χ2v) is 4.68. The van der Waals surface area contributed by atoms with Gasteiger partial charge in [0.25, 0.3) is 0 Å². The van der Waals surface area contributed by atoms with Gasteiger partial charge in [-0.05, 0) is 17.6 Å². The Hall–Kier alpha value is -2.58. The van der Waals surface area contributed by atoms with E-state index >= 15 is 0 Å². The maximum Gasteiger partial charge on any atom is 0.430 e. The van der Waals surface area contributed by atoms with Crippen LogP contribution in [0.15, 0.2) is 41.6 Å². The fraction of sp³-hybridized carbons (Fsp3) is 0.154. The van der Waals surface area contributed by atoms with Crippen molar-refractivity contribution in [3.63, 3.8) is 0 Å². The zero-order chi connectivity index (χ0) is 16.3. The van der Waals surface area contributed by atoms with E-state index in [-0.39, 0.29) is 11.2 Å². The first-order valence-electron chi connectivity index (χ1n) is 6.33. The molecule has 2 rings (SSSR count). The Morgan fingerprint density at radius 2 is 1.95 bits per heavy atom. The molecule has 0 aliphatic carbocycles. The molecule has 1 heterocycles. The van der Waals surface area contributed by atoms with Crippen LogP contribution in [0.4, 0.5) is 18.9 Å². The summed E-state index contributed by atoms with van der Waals surface area (Å²) < 4.78 is 40.4. The van der Waals surface area contributed by atoms with Gasteiger partial charge in [-0.2, -0.15) is 13.2 Å². The fourth-order valence-electron chi connectivity index (χ4n) is 1.81. The number of allylic oxidation sites excluding steroid dienone is 2. The van der Waals surface area contributed by atoms with Gasteiger partial charge in [-0.15, -0.1) is 5.10 Å². The summed E-state index contributed by atoms with van der Waals surface area (Å²) >= 11 is 0. The van der Waals surface area contributed by atoms with Crippen molar-refractivity contribution >= 4 is 19.7 Å². The van der Waals surface area contributed by atoms with Gasteiger partial charge in [-0.3, -0.25) is 4.68 Å². The normalized spacial score (nSPS) is 12.7. The predicted molar refractivity (Wildman–Crippen MR) is 80.5 cm³/mol. The first-order chi connectivity index (χ1) is 10.3. The summed E-state index contributed by atoms with van der Waals surface area (Å²) in [5.74, 6) is 0. The average Bonchev–Trinajstić information content (AvgIpc) is 2.90. The molecule has 1 aromatic heterocycles. The second-order valence-electron chi connectivity index (χ2n) is 4.68. The molecule has 0 bridgehead atoms. The second kappa shape index (κ2) is 6.04. The Balaban J connectivity index is 2.25. The van der Waals surface area contributed by atoms with E-state index in [9.17, 15) is 13.2 Å². The highest BCUT2D eigenvalue weighted by molar-refractivity contribution is 6.33. The molecule has 0 amide bonds. The topological polar surface area (TPSA) is 66.6 Å². The molecule has 0 fully saturated rings. The Bertz CT molecular complexity index is 703. The lowest BCUT2D eigenvalue weighted by atomic mass is 9.94. The molecule has 2 aromatic rings. The average molecular weight is 307 g/mol. The quantitative estimate of drug-likeness (QED) is 0.670. The van der Waals surface area contributed by atoms with Crippen molar-refractivity contribution in [3.05, 3.63) is 41.6 Å². The molecule has 0 radical (unpaired) electrons. The molecule has 2 N–H and O–H groups in total. The number of anilines is 1. The smallest absolute Gasteiger partial charge is 0.352 e. The third-order valence-electron chi connectivity index (χ3n) is 2.95. The largest absolute Gasteiger partial charge is 0.430 e. The zero-order valence-corrected chi connectivity index (χ0v) is 11.9. The van der Waals surface area contributed by atoms with Crippen LogP contribution in [-0.4, -0.2) is 35.2 Å². The molecule has 0 unspecified atom stereocenters. The van der Waals surface area contributed by atoms with Crippen molar-refractivity contribution in [1.82, 2.24) is 15.0 Å². The third kappa shape index (κ3) is 3.54. The maximum atomic E-state index is 12.9. The maximum absolute atomic E-state index is 12.9. The van der Waals surface area contributed by atoms with Crippen molar-refractivity contribution in [1.29, 1.82) is 5.41 Å². The number of hydrogen-bond acceptors (Lipinski definition) is 4. The van der Waals surface area contributed by atoms with Gasteiger partial charge < -0.3 is 10.7 Å². The standard InChI is InChI=1S/C13H13BF3N5/c1-22-7-11(20-21-22)8-2-4-9(5-3-8)19-12(10(14)6-18)13(15,16)17/h2-7,18-19H,14H2,1H3/b12-10+,18-6?. The summed E-state index contributed by atoms with van der Waals surface area (Å²) in [5.41, 5.74) is 0.526. The first-order valence-corrected chi connectivity index (χ1v) is 6.33. The third-order valence-corrected chi connectivity index (χ3v) is 2.95. The van der Waals surface area contributed by atoms with Gasteiger partial charge in [0.15, 0.2) is 0 Å². The lowest BCUT2D eigenvalue weighted by Gasteiger charge is -2.16. The number of aromatic nitrogens is 3. The van der Waals surface area contributed by atoms with E-state index in [1.54, 1.807) is 30.1 Å². The summed E-state index contributed by atoms with van der Waals surface area (Å²) in [7, 11) is 2.96. The predicted octanol–water partition coefficient (Wildman–Crippen LogP) is 1.95. The minimum Gasteiger partial charge on any atom is -0.352 e. The Kier molecular flexibility index (Phi) is 4.34. The Morgan fingerprint density at radius 1 is 1.32 bits per heavy atom. The molecule has 22 heavy (non-hydrogen) atoms. The monoisotopic (exact) mass is 307 g/mol. The van der Waals surface area contributed by atoms with E-state index in [1.165, 1.54) is 20.0 Å². The number of alkyl halides is 3. The van der Waals surface area contributed by atoms with Gasteiger partial charge in [0.1, 0.15) is 19.2 Å². The molecule has 0 aliphatic rings. The van der Waals surface area contributed by atoms with E-state index < -0.39 is 11.9 Å². The number of rotatable bonds is 4. The number of aryl methyl sites for hydroxylation is 1. The SMILES string of the molecule is B/C(C=N)=C(/Nc1ccc(-c2cn(C)nn2)cc1)C(F)(F)F. The molecule has 0 saturated heterocycles. The summed E-state index contributed by atoms with van der Waals surface area (Å²) in [4.78, 5) is 0. The highest BCUT2D eigenvalue weighted by atomic mass is 19.4. The van der Waals surface area contributed by atoms with Crippen LogP contribution in [0.1, 0.15) is 0 Å². The lowest BCUT2D eigenvalue weighted by molar-refractivity contribution is -0.0903. The van der Waals surface area contributed by atoms with Gasteiger partial charge in [-0.1, -0.05) is 17.3 Å². The molecule has 9 heteroatoms. The van der Waals surface area contributed by atoms with Gasteiger partial charge in [-0.25, -0.2) is 0 Å². The highest BCUT2D eigenvalue weighted by Gasteiger charge is 2.35. The van der Waals surface area contributed by atoms with Crippen LogP contribution in [0.3, 0.4) is 0 Å². The van der Waals surface area contributed by atoms with Crippen LogP contribution in [0, 0.1) is 5.41 Å². The Labute approximate surface area is 125 Å². The van der Waals surface area contributed by atoms with Crippen LogP contribution < -0.4 is 5.32 Å². The first kappa shape index (κ1) is 15.8. The molecule has 0 saturated carbocycles. The Morgan fingerprint density at radius 3 is 2.41 bits per heavy atom.